The van der Waals surface area contributed by atoms with Crippen LogP contribution in [-0.2, 0) is 21.1 Å². The minimum atomic E-state index is -2.88. The number of hydrogen-bond donors (Lipinski definition) is 2. The molecule has 1 aliphatic rings. The molecule has 1 amide bonds. The fraction of sp³-hybridized carbons (Fsp3) is 0.500. The zero-order valence-corrected chi connectivity index (χ0v) is 15.3. The van der Waals surface area contributed by atoms with Gasteiger partial charge in [-0.3, -0.25) is 4.79 Å². The van der Waals surface area contributed by atoms with Crippen LogP contribution in [0.3, 0.4) is 0 Å². The summed E-state index contributed by atoms with van der Waals surface area (Å²) in [6, 6.07) is 8.17. The van der Waals surface area contributed by atoms with Gasteiger partial charge in [0.1, 0.15) is 0 Å². The van der Waals surface area contributed by atoms with Crippen molar-refractivity contribution in [2.75, 3.05) is 31.6 Å². The van der Waals surface area contributed by atoms with Gasteiger partial charge in [0.05, 0.1) is 11.5 Å². The molecule has 2 aromatic rings. The summed E-state index contributed by atoms with van der Waals surface area (Å²) in [7, 11) is -0.988. The van der Waals surface area contributed by atoms with E-state index in [0.717, 1.165) is 11.9 Å². The molecule has 1 aromatic heterocycles. The van der Waals surface area contributed by atoms with Gasteiger partial charge in [0, 0.05) is 42.7 Å². The number of carbonyl (C=O) groups is 1. The molecular weight excluding hydrogens is 338 g/mol. The Kier molecular flexibility index (Phi) is 5.44. The molecule has 1 unspecified atom stereocenters. The monoisotopic (exact) mass is 363 g/mol. The van der Waals surface area contributed by atoms with Gasteiger partial charge in [-0.25, -0.2) is 8.42 Å². The van der Waals surface area contributed by atoms with Crippen LogP contribution in [0.25, 0.3) is 10.9 Å². The maximum absolute atomic E-state index is 12.0. The Bertz CT molecular complexity index is 844. The van der Waals surface area contributed by atoms with Crippen molar-refractivity contribution in [2.24, 2.45) is 0 Å². The second kappa shape index (κ2) is 7.58. The molecule has 1 atom stereocenters. The lowest BCUT2D eigenvalue weighted by atomic mass is 10.1. The lowest BCUT2D eigenvalue weighted by molar-refractivity contribution is -0.121. The number of H-pyrrole nitrogens is 1. The van der Waals surface area contributed by atoms with Gasteiger partial charge in [-0.2, -0.15) is 0 Å². The number of nitrogens with zero attached hydrogens (tertiary/aromatic N) is 1. The van der Waals surface area contributed by atoms with Crippen molar-refractivity contribution in [1.29, 1.82) is 0 Å². The third kappa shape index (κ3) is 4.61. The second-order valence-corrected chi connectivity index (χ2v) is 8.98. The Morgan fingerprint density at radius 2 is 2.16 bits per heavy atom. The van der Waals surface area contributed by atoms with Crippen LogP contribution in [0.1, 0.15) is 18.4 Å². The van der Waals surface area contributed by atoms with E-state index in [1.165, 1.54) is 10.9 Å². The number of carbonyl (C=O) groups excluding carboxylic acids is 1. The third-order valence-electron chi connectivity index (χ3n) is 4.91. The van der Waals surface area contributed by atoms with E-state index in [4.69, 9.17) is 0 Å². The van der Waals surface area contributed by atoms with Gasteiger partial charge in [0.25, 0.3) is 0 Å². The van der Waals surface area contributed by atoms with E-state index in [1.54, 1.807) is 0 Å². The van der Waals surface area contributed by atoms with Crippen LogP contribution < -0.4 is 5.32 Å². The molecule has 1 saturated heterocycles. The van der Waals surface area contributed by atoms with Crippen LogP contribution in [-0.4, -0.2) is 61.9 Å². The molecule has 0 bridgehead atoms. The highest BCUT2D eigenvalue weighted by Crippen LogP contribution is 2.18. The molecule has 25 heavy (non-hydrogen) atoms. The van der Waals surface area contributed by atoms with Crippen LogP contribution in [0.5, 0.6) is 0 Å². The number of amides is 1. The fourth-order valence-corrected chi connectivity index (χ4v) is 5.15. The van der Waals surface area contributed by atoms with Gasteiger partial charge in [-0.15, -0.1) is 0 Å². The number of aromatic nitrogens is 1. The Labute approximate surface area is 148 Å². The molecule has 7 heteroatoms. The topological polar surface area (TPSA) is 82.3 Å². The molecular formula is C18H25N3O3S. The first-order chi connectivity index (χ1) is 11.9. The molecule has 1 fully saturated rings. The third-order valence-corrected chi connectivity index (χ3v) is 6.67. The molecule has 1 aromatic carbocycles. The first kappa shape index (κ1) is 17.9. The molecule has 6 nitrogen and oxygen atoms in total. The van der Waals surface area contributed by atoms with E-state index in [-0.39, 0.29) is 23.5 Å². The average molecular weight is 363 g/mol. The molecule has 1 aliphatic heterocycles. The standard InChI is InChI=1S/C18H25N3O3S/c1-21(15-8-11-25(23,24)13-15)10-7-18(22)19-9-6-14-12-20-17-5-3-2-4-16(14)17/h2-5,12,15,20H,6-11,13H2,1H3,(H,19,22). The number of nitrogens with one attached hydrogen (secondary N) is 2. The van der Waals surface area contributed by atoms with Crippen molar-refractivity contribution < 1.29 is 13.2 Å². The van der Waals surface area contributed by atoms with Gasteiger partial charge < -0.3 is 15.2 Å². The van der Waals surface area contributed by atoms with Crippen molar-refractivity contribution in [3.05, 3.63) is 36.0 Å². The summed E-state index contributed by atoms with van der Waals surface area (Å²) in [5.41, 5.74) is 2.31. The highest BCUT2D eigenvalue weighted by molar-refractivity contribution is 7.91. The zero-order valence-electron chi connectivity index (χ0n) is 14.5. The quantitative estimate of drug-likeness (QED) is 0.778. The van der Waals surface area contributed by atoms with E-state index in [2.05, 4.69) is 16.4 Å². The van der Waals surface area contributed by atoms with Crippen LogP contribution in [0, 0.1) is 0 Å². The van der Waals surface area contributed by atoms with Gasteiger partial charge in [-0.05, 0) is 31.5 Å². The number of rotatable bonds is 7. The Hall–Kier alpha value is -1.86. The number of aromatic amines is 1. The molecule has 3 rings (SSSR count). The van der Waals surface area contributed by atoms with Crippen LogP contribution in [0.4, 0.5) is 0 Å². The van der Waals surface area contributed by atoms with E-state index >= 15 is 0 Å². The highest BCUT2D eigenvalue weighted by atomic mass is 32.2. The zero-order chi connectivity index (χ0) is 17.9. The van der Waals surface area contributed by atoms with E-state index in [1.807, 2.05) is 36.3 Å². The maximum atomic E-state index is 12.0. The van der Waals surface area contributed by atoms with Gasteiger partial charge in [0.2, 0.25) is 5.91 Å². The van der Waals surface area contributed by atoms with Crippen molar-refractivity contribution in [3.8, 4) is 0 Å². The summed E-state index contributed by atoms with van der Waals surface area (Å²) in [4.78, 5) is 17.2. The Balaban J connectivity index is 1.40. The van der Waals surface area contributed by atoms with E-state index in [0.29, 0.717) is 25.9 Å². The van der Waals surface area contributed by atoms with Crippen molar-refractivity contribution in [2.45, 2.75) is 25.3 Å². The smallest absolute Gasteiger partial charge is 0.221 e. The van der Waals surface area contributed by atoms with E-state index in [9.17, 15) is 13.2 Å². The SMILES string of the molecule is CN(CCC(=O)NCCc1c[nH]c2ccccc12)C1CCS(=O)(=O)C1. The Morgan fingerprint density at radius 3 is 2.92 bits per heavy atom. The molecule has 0 spiro atoms. The number of hydrogen-bond acceptors (Lipinski definition) is 4. The summed E-state index contributed by atoms with van der Waals surface area (Å²) in [6.45, 7) is 1.18. The van der Waals surface area contributed by atoms with Gasteiger partial charge >= 0.3 is 0 Å². The van der Waals surface area contributed by atoms with Gasteiger partial charge in [-0.1, -0.05) is 18.2 Å². The van der Waals surface area contributed by atoms with Gasteiger partial charge in [0.15, 0.2) is 9.84 Å². The fourth-order valence-electron chi connectivity index (χ4n) is 3.35. The van der Waals surface area contributed by atoms with Crippen LogP contribution >= 0.6 is 0 Å². The number of para-hydroxylation sites is 1. The summed E-state index contributed by atoms with van der Waals surface area (Å²) in [5.74, 6) is 0.484. The second-order valence-electron chi connectivity index (χ2n) is 6.75. The first-order valence-corrected chi connectivity index (χ1v) is 10.5. The summed E-state index contributed by atoms with van der Waals surface area (Å²) >= 11 is 0. The first-order valence-electron chi connectivity index (χ1n) is 8.67. The molecule has 0 saturated carbocycles. The normalized spacial score (nSPS) is 19.5. The molecule has 2 heterocycles. The predicted molar refractivity (Wildman–Crippen MR) is 99.3 cm³/mol. The summed E-state index contributed by atoms with van der Waals surface area (Å²) < 4.78 is 23.0. The molecule has 136 valence electrons. The van der Waals surface area contributed by atoms with E-state index < -0.39 is 9.84 Å². The number of fused-ring (bicyclic) bond motifs is 1. The van der Waals surface area contributed by atoms with Crippen molar-refractivity contribution >= 4 is 26.6 Å². The Morgan fingerprint density at radius 1 is 1.36 bits per heavy atom. The van der Waals surface area contributed by atoms with Crippen LogP contribution in [0.15, 0.2) is 30.5 Å². The minimum absolute atomic E-state index is 0.00699. The summed E-state index contributed by atoms with van der Waals surface area (Å²) in [6.07, 6.45) is 3.83. The van der Waals surface area contributed by atoms with Crippen LogP contribution in [0.2, 0.25) is 0 Å². The molecule has 2 N–H and O–H groups in total. The average Bonchev–Trinajstić information content (AvgIpc) is 3.16. The number of sulfone groups is 1. The summed E-state index contributed by atoms with van der Waals surface area (Å²) in [5, 5.41) is 4.14. The predicted octanol–water partition coefficient (Wildman–Crippen LogP) is 1.34. The lowest BCUT2D eigenvalue weighted by Crippen LogP contribution is -2.36. The lowest BCUT2D eigenvalue weighted by Gasteiger charge is -2.22. The highest BCUT2D eigenvalue weighted by Gasteiger charge is 2.30. The van der Waals surface area contributed by atoms with Crippen molar-refractivity contribution in [3.63, 3.8) is 0 Å². The largest absolute Gasteiger partial charge is 0.361 e. The van der Waals surface area contributed by atoms with Crippen molar-refractivity contribution in [1.82, 2.24) is 15.2 Å². The number of benzene rings is 1. The maximum Gasteiger partial charge on any atom is 0.221 e. The molecule has 0 aliphatic carbocycles. The molecule has 0 radical (unpaired) electrons. The minimum Gasteiger partial charge on any atom is -0.361 e.